The average molecular weight is 458 g/mol. The van der Waals surface area contributed by atoms with Gasteiger partial charge in [0.1, 0.15) is 6.67 Å². The lowest BCUT2D eigenvalue weighted by atomic mass is 10.2. The van der Waals surface area contributed by atoms with Gasteiger partial charge in [-0.05, 0) is 61.4 Å². The van der Waals surface area contributed by atoms with Crippen LogP contribution in [0.15, 0.2) is 65.6 Å². The predicted octanol–water partition coefficient (Wildman–Crippen LogP) is 4.97. The highest BCUT2D eigenvalue weighted by molar-refractivity contribution is 5.84. The van der Waals surface area contributed by atoms with E-state index < -0.39 is 12.4 Å². The Morgan fingerprint density at radius 3 is 2.56 bits per heavy atom. The molecular weight excluding hydrogens is 433 g/mol. The van der Waals surface area contributed by atoms with Gasteiger partial charge >= 0.3 is 5.69 Å². The van der Waals surface area contributed by atoms with Crippen molar-refractivity contribution >= 4 is 5.91 Å². The van der Waals surface area contributed by atoms with Crippen molar-refractivity contribution in [3.05, 3.63) is 88.1 Å². The Bertz CT molecular complexity index is 1440. The van der Waals surface area contributed by atoms with E-state index in [1.807, 2.05) is 6.92 Å². The Morgan fingerprint density at radius 1 is 1.12 bits per heavy atom. The SMILES string of the molecule is CCCCC(=O)n1c(-c2ccnn2-c2ccc(C#N)cc2)c(C)n(-c2cccc(CF)c2)c1=O. The van der Waals surface area contributed by atoms with Gasteiger partial charge in [0.25, 0.3) is 0 Å². The van der Waals surface area contributed by atoms with Crippen LogP contribution >= 0.6 is 0 Å². The van der Waals surface area contributed by atoms with Crippen molar-refractivity contribution < 1.29 is 9.18 Å². The fraction of sp³-hybridized carbons (Fsp3) is 0.231. The van der Waals surface area contributed by atoms with Gasteiger partial charge in [-0.3, -0.25) is 9.36 Å². The second-order valence-electron chi connectivity index (χ2n) is 7.98. The summed E-state index contributed by atoms with van der Waals surface area (Å²) < 4.78 is 17.6. The number of carbonyl (C=O) groups is 1. The molecule has 4 aromatic rings. The lowest BCUT2D eigenvalue weighted by Gasteiger charge is -2.11. The van der Waals surface area contributed by atoms with Crippen molar-refractivity contribution in [3.63, 3.8) is 0 Å². The van der Waals surface area contributed by atoms with Gasteiger partial charge in [-0.25, -0.2) is 18.4 Å². The monoisotopic (exact) mass is 457 g/mol. The number of hydrogen-bond donors (Lipinski definition) is 0. The number of halogens is 1. The Kier molecular flexibility index (Phi) is 6.55. The zero-order valence-electron chi connectivity index (χ0n) is 19.0. The molecule has 0 saturated carbocycles. The van der Waals surface area contributed by atoms with Crippen LogP contribution in [0.4, 0.5) is 4.39 Å². The summed E-state index contributed by atoms with van der Waals surface area (Å²) >= 11 is 0. The first-order valence-electron chi connectivity index (χ1n) is 11.1. The average Bonchev–Trinajstić information content (AvgIpc) is 3.44. The highest BCUT2D eigenvalue weighted by Crippen LogP contribution is 2.28. The smallest absolute Gasteiger partial charge is 0.274 e. The number of alkyl halides is 1. The summed E-state index contributed by atoms with van der Waals surface area (Å²) in [6.45, 7) is 3.09. The minimum absolute atomic E-state index is 0.225. The number of hydrogen-bond acceptors (Lipinski definition) is 4. The minimum Gasteiger partial charge on any atom is -0.274 e. The molecule has 0 unspecified atom stereocenters. The molecule has 0 aliphatic heterocycles. The number of rotatable bonds is 7. The maximum absolute atomic E-state index is 13.6. The zero-order chi connectivity index (χ0) is 24.2. The lowest BCUT2D eigenvalue weighted by Crippen LogP contribution is -2.29. The quantitative estimate of drug-likeness (QED) is 0.392. The van der Waals surface area contributed by atoms with Crippen LogP contribution in [0.1, 0.15) is 47.8 Å². The molecule has 34 heavy (non-hydrogen) atoms. The maximum atomic E-state index is 13.6. The van der Waals surface area contributed by atoms with E-state index in [1.165, 1.54) is 9.13 Å². The largest absolute Gasteiger partial charge is 0.340 e. The third-order valence-corrected chi connectivity index (χ3v) is 5.73. The highest BCUT2D eigenvalue weighted by Gasteiger charge is 2.26. The van der Waals surface area contributed by atoms with Crippen LogP contribution in [-0.4, -0.2) is 24.8 Å². The Hall–Kier alpha value is -4.25. The molecule has 0 amide bonds. The van der Waals surface area contributed by atoms with Crippen LogP contribution < -0.4 is 5.69 Å². The van der Waals surface area contributed by atoms with Crippen molar-refractivity contribution in [2.75, 3.05) is 0 Å². The maximum Gasteiger partial charge on any atom is 0.340 e. The summed E-state index contributed by atoms with van der Waals surface area (Å²) in [4.78, 5) is 26.8. The fourth-order valence-electron chi connectivity index (χ4n) is 4.03. The zero-order valence-corrected chi connectivity index (χ0v) is 19.0. The van der Waals surface area contributed by atoms with Crippen LogP contribution in [0.25, 0.3) is 22.8 Å². The number of benzene rings is 2. The Morgan fingerprint density at radius 2 is 1.88 bits per heavy atom. The number of aromatic nitrogens is 4. The second-order valence-corrected chi connectivity index (χ2v) is 7.98. The van der Waals surface area contributed by atoms with Gasteiger partial charge in [-0.1, -0.05) is 25.5 Å². The van der Waals surface area contributed by atoms with Crippen molar-refractivity contribution in [2.45, 2.75) is 39.8 Å². The molecule has 0 N–H and O–H groups in total. The van der Waals surface area contributed by atoms with E-state index >= 15 is 0 Å². The molecule has 0 saturated heterocycles. The van der Waals surface area contributed by atoms with Crippen molar-refractivity contribution in [1.29, 1.82) is 5.26 Å². The van der Waals surface area contributed by atoms with Crippen LogP contribution in [0, 0.1) is 18.3 Å². The predicted molar refractivity (Wildman–Crippen MR) is 127 cm³/mol. The molecule has 2 aromatic heterocycles. The first-order chi connectivity index (χ1) is 16.5. The molecule has 0 aliphatic rings. The van der Waals surface area contributed by atoms with Crippen molar-refractivity contribution in [3.8, 4) is 28.8 Å². The van der Waals surface area contributed by atoms with Gasteiger partial charge in [0, 0.05) is 6.42 Å². The second kappa shape index (κ2) is 9.71. The summed E-state index contributed by atoms with van der Waals surface area (Å²) in [7, 11) is 0. The summed E-state index contributed by atoms with van der Waals surface area (Å²) in [5, 5.41) is 13.5. The molecule has 0 spiro atoms. The molecule has 172 valence electrons. The molecule has 0 aliphatic carbocycles. The third kappa shape index (κ3) is 4.08. The van der Waals surface area contributed by atoms with E-state index in [-0.39, 0.29) is 12.3 Å². The van der Waals surface area contributed by atoms with Crippen LogP contribution in [0.5, 0.6) is 0 Å². The third-order valence-electron chi connectivity index (χ3n) is 5.73. The van der Waals surface area contributed by atoms with E-state index in [0.717, 1.165) is 6.42 Å². The van der Waals surface area contributed by atoms with Crippen LogP contribution in [0.2, 0.25) is 0 Å². The summed E-state index contributed by atoms with van der Waals surface area (Å²) in [6, 6.07) is 17.4. The summed E-state index contributed by atoms with van der Waals surface area (Å²) in [5.74, 6) is -0.307. The van der Waals surface area contributed by atoms with Gasteiger partial charge in [0.05, 0.1) is 46.3 Å². The Balaban J connectivity index is 1.96. The molecule has 8 heteroatoms. The van der Waals surface area contributed by atoms with E-state index in [4.69, 9.17) is 5.26 Å². The summed E-state index contributed by atoms with van der Waals surface area (Å²) in [5.41, 5.74) is 3.16. The first kappa shape index (κ1) is 22.9. The number of unbranched alkanes of at least 4 members (excludes halogenated alkanes) is 1. The fourth-order valence-corrected chi connectivity index (χ4v) is 4.03. The van der Waals surface area contributed by atoms with Gasteiger partial charge in [0.15, 0.2) is 0 Å². The molecular formula is C26H24FN5O2. The topological polar surface area (TPSA) is 85.6 Å². The van der Waals surface area contributed by atoms with Crippen LogP contribution in [-0.2, 0) is 6.67 Å². The molecule has 0 atom stereocenters. The number of nitriles is 1. The van der Waals surface area contributed by atoms with E-state index in [0.29, 0.717) is 46.0 Å². The van der Waals surface area contributed by atoms with E-state index in [2.05, 4.69) is 11.2 Å². The van der Waals surface area contributed by atoms with Crippen molar-refractivity contribution in [1.82, 2.24) is 18.9 Å². The minimum atomic E-state index is -0.657. The van der Waals surface area contributed by atoms with Crippen molar-refractivity contribution in [2.24, 2.45) is 0 Å². The number of imidazole rings is 1. The van der Waals surface area contributed by atoms with Gasteiger partial charge < -0.3 is 0 Å². The Labute approximate surface area is 196 Å². The summed E-state index contributed by atoms with van der Waals surface area (Å²) in [6.07, 6.45) is 3.29. The highest BCUT2D eigenvalue weighted by atomic mass is 19.1. The normalized spacial score (nSPS) is 10.9. The molecule has 4 rings (SSSR count). The lowest BCUT2D eigenvalue weighted by molar-refractivity contribution is 0.0897. The van der Waals surface area contributed by atoms with E-state index in [1.54, 1.807) is 72.4 Å². The molecule has 2 aromatic carbocycles. The first-order valence-corrected chi connectivity index (χ1v) is 11.1. The molecule has 7 nitrogen and oxygen atoms in total. The van der Waals surface area contributed by atoms with E-state index in [9.17, 15) is 14.0 Å². The van der Waals surface area contributed by atoms with Gasteiger partial charge in [-0.15, -0.1) is 0 Å². The molecule has 0 bridgehead atoms. The molecule has 0 fully saturated rings. The molecule has 0 radical (unpaired) electrons. The van der Waals surface area contributed by atoms with Crippen LogP contribution in [0.3, 0.4) is 0 Å². The number of nitrogens with zero attached hydrogens (tertiary/aromatic N) is 5. The standard InChI is InChI=1S/C26H24FN5O2/c1-3-4-8-24(33)31-25(18(2)30(26(31)34)22-7-5-6-20(15-22)16-27)23-13-14-29-32(23)21-11-9-19(17-28)10-12-21/h5-7,9-15H,3-4,8,16H2,1-2H3. The van der Waals surface area contributed by atoms with Gasteiger partial charge in [-0.2, -0.15) is 10.4 Å². The number of carbonyl (C=O) groups excluding carboxylic acids is 1. The van der Waals surface area contributed by atoms with Gasteiger partial charge in [0.2, 0.25) is 5.91 Å². The molecule has 2 heterocycles.